The number of carbonyl (C=O) groups is 1. The second-order valence-electron chi connectivity index (χ2n) is 5.99. The SMILES string of the molecule is CN(C)C(C)(C)CNS(=O)(=O)N1CCCCC1C(=O)O. The Labute approximate surface area is 121 Å². The van der Waals surface area contributed by atoms with Gasteiger partial charge < -0.3 is 10.0 Å². The molecule has 118 valence electrons. The summed E-state index contributed by atoms with van der Waals surface area (Å²) in [6.45, 7) is 4.32. The lowest BCUT2D eigenvalue weighted by atomic mass is 10.1. The highest BCUT2D eigenvalue weighted by molar-refractivity contribution is 7.87. The summed E-state index contributed by atoms with van der Waals surface area (Å²) in [6, 6.07) is -0.955. The first kappa shape index (κ1) is 17.4. The summed E-state index contributed by atoms with van der Waals surface area (Å²) in [4.78, 5) is 13.1. The minimum Gasteiger partial charge on any atom is -0.480 e. The number of likely N-dealkylation sites (N-methyl/N-ethyl adjacent to an activating group) is 1. The van der Waals surface area contributed by atoms with E-state index in [1.807, 2.05) is 32.8 Å². The lowest BCUT2D eigenvalue weighted by molar-refractivity contribution is -0.142. The maximum Gasteiger partial charge on any atom is 0.322 e. The predicted octanol–water partition coefficient (Wildman–Crippen LogP) is 0.100. The van der Waals surface area contributed by atoms with Gasteiger partial charge in [-0.05, 0) is 47.2 Å². The number of rotatable bonds is 6. The Bertz CT molecular complexity index is 448. The van der Waals surface area contributed by atoms with Gasteiger partial charge in [-0.15, -0.1) is 0 Å². The van der Waals surface area contributed by atoms with Gasteiger partial charge in [0.25, 0.3) is 10.2 Å². The summed E-state index contributed by atoms with van der Waals surface area (Å²) in [5.74, 6) is -1.08. The summed E-state index contributed by atoms with van der Waals surface area (Å²) in [5, 5.41) is 9.15. The highest BCUT2D eigenvalue weighted by atomic mass is 32.2. The van der Waals surface area contributed by atoms with Gasteiger partial charge in [-0.3, -0.25) is 4.79 Å². The molecule has 2 N–H and O–H groups in total. The standard InChI is InChI=1S/C12H25N3O4S/c1-12(2,14(3)4)9-13-20(18,19)15-8-6-5-7-10(15)11(16)17/h10,13H,5-9H2,1-4H3,(H,16,17). The number of hydrogen-bond acceptors (Lipinski definition) is 4. The van der Waals surface area contributed by atoms with Crippen molar-refractivity contribution in [3.05, 3.63) is 0 Å². The molecule has 1 fully saturated rings. The molecular formula is C12H25N3O4S. The first-order chi connectivity index (χ1) is 9.08. The Morgan fingerprint density at radius 2 is 2.00 bits per heavy atom. The number of nitrogens with zero attached hydrogens (tertiary/aromatic N) is 2. The third kappa shape index (κ3) is 4.15. The van der Waals surface area contributed by atoms with E-state index in [1.54, 1.807) is 0 Å². The third-order valence-corrected chi connectivity index (χ3v) is 5.51. The van der Waals surface area contributed by atoms with Crippen molar-refractivity contribution in [3.8, 4) is 0 Å². The van der Waals surface area contributed by atoms with Crippen molar-refractivity contribution in [2.75, 3.05) is 27.2 Å². The van der Waals surface area contributed by atoms with E-state index in [1.165, 1.54) is 0 Å². The molecule has 0 aromatic rings. The average Bonchev–Trinajstić information content (AvgIpc) is 2.36. The third-order valence-electron chi connectivity index (χ3n) is 3.95. The second-order valence-corrected chi connectivity index (χ2v) is 7.70. The molecular weight excluding hydrogens is 282 g/mol. The molecule has 0 aliphatic carbocycles. The van der Waals surface area contributed by atoms with E-state index in [0.717, 1.165) is 10.7 Å². The van der Waals surface area contributed by atoms with Crippen molar-refractivity contribution in [1.82, 2.24) is 13.9 Å². The molecule has 1 rings (SSSR count). The maximum absolute atomic E-state index is 12.3. The van der Waals surface area contributed by atoms with Crippen molar-refractivity contribution in [2.24, 2.45) is 0 Å². The van der Waals surface area contributed by atoms with E-state index in [4.69, 9.17) is 5.11 Å². The molecule has 1 saturated heterocycles. The molecule has 0 amide bonds. The Balaban J connectivity index is 2.79. The van der Waals surface area contributed by atoms with E-state index in [0.29, 0.717) is 12.8 Å². The smallest absolute Gasteiger partial charge is 0.322 e. The zero-order valence-corrected chi connectivity index (χ0v) is 13.4. The van der Waals surface area contributed by atoms with Crippen LogP contribution in [0.2, 0.25) is 0 Å². The first-order valence-corrected chi connectivity index (χ1v) is 8.18. The monoisotopic (exact) mass is 307 g/mol. The van der Waals surface area contributed by atoms with Crippen molar-refractivity contribution in [1.29, 1.82) is 0 Å². The second kappa shape index (κ2) is 6.38. The Morgan fingerprint density at radius 1 is 1.40 bits per heavy atom. The molecule has 1 atom stereocenters. The molecule has 1 aliphatic heterocycles. The van der Waals surface area contributed by atoms with Crippen LogP contribution in [0.1, 0.15) is 33.1 Å². The lowest BCUT2D eigenvalue weighted by Crippen LogP contribution is -2.55. The molecule has 0 spiro atoms. The number of carboxylic acid groups (broad SMARTS) is 1. The Hall–Kier alpha value is -0.700. The van der Waals surface area contributed by atoms with Crippen LogP contribution in [0.5, 0.6) is 0 Å². The number of piperidine rings is 1. The summed E-state index contributed by atoms with van der Waals surface area (Å²) in [5.41, 5.74) is -0.346. The van der Waals surface area contributed by atoms with Crippen LogP contribution >= 0.6 is 0 Å². The number of carboxylic acids is 1. The quantitative estimate of drug-likeness (QED) is 0.726. The number of aliphatic carboxylic acids is 1. The first-order valence-electron chi connectivity index (χ1n) is 6.74. The average molecular weight is 307 g/mol. The molecule has 0 aromatic heterocycles. The molecule has 8 heteroatoms. The topological polar surface area (TPSA) is 90.0 Å². The van der Waals surface area contributed by atoms with Crippen molar-refractivity contribution < 1.29 is 18.3 Å². The van der Waals surface area contributed by atoms with E-state index < -0.39 is 22.2 Å². The van der Waals surface area contributed by atoms with Gasteiger partial charge in [0.1, 0.15) is 6.04 Å². The van der Waals surface area contributed by atoms with Crippen molar-refractivity contribution in [3.63, 3.8) is 0 Å². The predicted molar refractivity (Wildman–Crippen MR) is 76.7 cm³/mol. The minimum absolute atomic E-state index is 0.227. The van der Waals surface area contributed by atoms with Crippen LogP contribution in [-0.4, -0.2) is 67.5 Å². The lowest BCUT2D eigenvalue weighted by Gasteiger charge is -2.35. The van der Waals surface area contributed by atoms with Crippen LogP contribution in [0.4, 0.5) is 0 Å². The van der Waals surface area contributed by atoms with Gasteiger partial charge in [0.2, 0.25) is 0 Å². The molecule has 1 heterocycles. The van der Waals surface area contributed by atoms with Crippen LogP contribution in [0, 0.1) is 0 Å². The molecule has 20 heavy (non-hydrogen) atoms. The molecule has 1 aliphatic rings. The Kier molecular flexibility index (Phi) is 5.54. The van der Waals surface area contributed by atoms with Crippen LogP contribution in [0.15, 0.2) is 0 Å². The normalized spacial score (nSPS) is 22.1. The van der Waals surface area contributed by atoms with Crippen LogP contribution in [-0.2, 0) is 15.0 Å². The van der Waals surface area contributed by atoms with Crippen LogP contribution in [0.25, 0.3) is 0 Å². The van der Waals surface area contributed by atoms with E-state index in [-0.39, 0.29) is 18.6 Å². The summed E-state index contributed by atoms with van der Waals surface area (Å²) in [7, 11) is -0.0278. The van der Waals surface area contributed by atoms with E-state index in [2.05, 4.69) is 4.72 Å². The Morgan fingerprint density at radius 3 is 2.50 bits per heavy atom. The summed E-state index contributed by atoms with van der Waals surface area (Å²) in [6.07, 6.45) is 1.81. The molecule has 0 radical (unpaired) electrons. The van der Waals surface area contributed by atoms with E-state index in [9.17, 15) is 13.2 Å². The van der Waals surface area contributed by atoms with Gasteiger partial charge in [0, 0.05) is 18.6 Å². The number of nitrogens with one attached hydrogen (secondary N) is 1. The number of hydrogen-bond donors (Lipinski definition) is 2. The molecule has 0 aromatic carbocycles. The van der Waals surface area contributed by atoms with Crippen molar-refractivity contribution in [2.45, 2.75) is 44.7 Å². The fraction of sp³-hybridized carbons (Fsp3) is 0.917. The molecule has 0 bridgehead atoms. The molecule has 7 nitrogen and oxygen atoms in total. The molecule has 0 saturated carbocycles. The maximum atomic E-state index is 12.3. The molecule has 1 unspecified atom stereocenters. The van der Waals surface area contributed by atoms with Gasteiger partial charge in [-0.25, -0.2) is 4.72 Å². The van der Waals surface area contributed by atoms with Gasteiger partial charge >= 0.3 is 5.97 Å². The van der Waals surface area contributed by atoms with Gasteiger partial charge in [0.05, 0.1) is 0 Å². The van der Waals surface area contributed by atoms with Crippen LogP contribution < -0.4 is 4.72 Å². The fourth-order valence-electron chi connectivity index (χ4n) is 1.95. The van der Waals surface area contributed by atoms with Gasteiger partial charge in [0.15, 0.2) is 0 Å². The minimum atomic E-state index is -3.77. The zero-order valence-electron chi connectivity index (χ0n) is 12.6. The summed E-state index contributed by atoms with van der Waals surface area (Å²) >= 11 is 0. The largest absolute Gasteiger partial charge is 0.480 e. The zero-order chi connectivity index (χ0) is 15.6. The summed E-state index contributed by atoms with van der Waals surface area (Å²) < 4.78 is 28.2. The highest BCUT2D eigenvalue weighted by Gasteiger charge is 2.37. The van der Waals surface area contributed by atoms with Crippen molar-refractivity contribution >= 4 is 16.2 Å². The van der Waals surface area contributed by atoms with Gasteiger partial charge in [-0.1, -0.05) is 0 Å². The fourth-order valence-corrected chi connectivity index (χ4v) is 3.55. The van der Waals surface area contributed by atoms with E-state index >= 15 is 0 Å². The van der Waals surface area contributed by atoms with Crippen LogP contribution in [0.3, 0.4) is 0 Å². The highest BCUT2D eigenvalue weighted by Crippen LogP contribution is 2.20. The van der Waals surface area contributed by atoms with Gasteiger partial charge in [-0.2, -0.15) is 12.7 Å².